The van der Waals surface area contributed by atoms with E-state index in [0.29, 0.717) is 11.6 Å². The van der Waals surface area contributed by atoms with Gasteiger partial charge in [-0.1, -0.05) is 25.3 Å². The van der Waals surface area contributed by atoms with Crippen molar-refractivity contribution >= 4 is 0 Å². The van der Waals surface area contributed by atoms with Gasteiger partial charge in [-0.25, -0.2) is 4.98 Å². The van der Waals surface area contributed by atoms with Crippen molar-refractivity contribution in [1.82, 2.24) is 9.55 Å². The molecule has 1 aromatic heterocycles. The molecule has 4 nitrogen and oxygen atoms in total. The van der Waals surface area contributed by atoms with Crippen molar-refractivity contribution in [3.05, 3.63) is 30.4 Å². The Balaban J connectivity index is 2.33. The number of aromatic nitrogens is 2. The SMILES string of the molecule is C=CC(C1CCCCC1)n1cnc(C#N)c1C#N. The van der Waals surface area contributed by atoms with E-state index < -0.39 is 0 Å². The van der Waals surface area contributed by atoms with Crippen LogP contribution in [0.25, 0.3) is 0 Å². The van der Waals surface area contributed by atoms with Crippen LogP contribution in [0.5, 0.6) is 0 Å². The summed E-state index contributed by atoms with van der Waals surface area (Å²) in [6.07, 6.45) is 9.53. The minimum Gasteiger partial charge on any atom is -0.314 e. The molecule has 2 rings (SSSR count). The molecule has 1 atom stereocenters. The molecule has 0 amide bonds. The summed E-state index contributed by atoms with van der Waals surface area (Å²) in [6.45, 7) is 3.88. The van der Waals surface area contributed by atoms with Gasteiger partial charge in [-0.2, -0.15) is 10.5 Å². The summed E-state index contributed by atoms with van der Waals surface area (Å²) < 4.78 is 1.81. The molecule has 0 bridgehead atoms. The highest BCUT2D eigenvalue weighted by molar-refractivity contribution is 5.36. The number of nitrogens with zero attached hydrogens (tertiary/aromatic N) is 4. The topological polar surface area (TPSA) is 65.4 Å². The van der Waals surface area contributed by atoms with E-state index in [9.17, 15) is 0 Å². The first-order valence-electron chi connectivity index (χ1n) is 6.31. The van der Waals surface area contributed by atoms with E-state index in [1.807, 2.05) is 16.7 Å². The Kier molecular flexibility index (Phi) is 3.79. The zero-order valence-corrected chi connectivity index (χ0v) is 10.3. The maximum absolute atomic E-state index is 9.17. The first-order chi connectivity index (χ1) is 8.81. The summed E-state index contributed by atoms with van der Waals surface area (Å²) >= 11 is 0. The standard InChI is InChI=1S/C14H16N4/c1-2-13(11-6-4-3-5-7-11)18-10-17-12(8-15)14(18)9-16/h2,10-11,13H,1,3-7H2. The van der Waals surface area contributed by atoms with Crippen LogP contribution in [-0.2, 0) is 0 Å². The maximum atomic E-state index is 9.17. The van der Waals surface area contributed by atoms with Crippen LogP contribution in [-0.4, -0.2) is 9.55 Å². The molecule has 0 saturated heterocycles. The highest BCUT2D eigenvalue weighted by Gasteiger charge is 2.25. The van der Waals surface area contributed by atoms with Gasteiger partial charge in [0.25, 0.3) is 0 Å². The predicted molar refractivity (Wildman–Crippen MR) is 67.5 cm³/mol. The third kappa shape index (κ3) is 2.15. The van der Waals surface area contributed by atoms with E-state index in [1.54, 1.807) is 6.33 Å². The van der Waals surface area contributed by atoms with Crippen molar-refractivity contribution in [3.8, 4) is 12.1 Å². The Morgan fingerprint density at radius 3 is 2.61 bits per heavy atom. The second-order valence-corrected chi connectivity index (χ2v) is 4.70. The van der Waals surface area contributed by atoms with Crippen LogP contribution in [0.15, 0.2) is 19.0 Å². The molecule has 0 radical (unpaired) electrons. The highest BCUT2D eigenvalue weighted by atomic mass is 15.1. The van der Waals surface area contributed by atoms with Gasteiger partial charge in [0.05, 0.1) is 12.4 Å². The van der Waals surface area contributed by atoms with Crippen LogP contribution in [0.3, 0.4) is 0 Å². The monoisotopic (exact) mass is 240 g/mol. The highest BCUT2D eigenvalue weighted by Crippen LogP contribution is 2.34. The molecule has 1 aliphatic rings. The second-order valence-electron chi connectivity index (χ2n) is 4.70. The van der Waals surface area contributed by atoms with Crippen molar-refractivity contribution in [3.63, 3.8) is 0 Å². The fraction of sp³-hybridized carbons (Fsp3) is 0.500. The molecule has 0 spiro atoms. The lowest BCUT2D eigenvalue weighted by atomic mass is 9.83. The maximum Gasteiger partial charge on any atom is 0.176 e. The zero-order valence-electron chi connectivity index (χ0n) is 10.3. The minimum atomic E-state index is 0.0783. The minimum absolute atomic E-state index is 0.0783. The first-order valence-corrected chi connectivity index (χ1v) is 6.31. The van der Waals surface area contributed by atoms with Gasteiger partial charge >= 0.3 is 0 Å². The van der Waals surface area contributed by atoms with Gasteiger partial charge in [-0.05, 0) is 18.8 Å². The lowest BCUT2D eigenvalue weighted by Gasteiger charge is -2.29. The van der Waals surface area contributed by atoms with Crippen LogP contribution in [0.1, 0.15) is 49.5 Å². The summed E-state index contributed by atoms with van der Waals surface area (Å²) in [5.41, 5.74) is 0.563. The normalized spacial score (nSPS) is 17.7. The van der Waals surface area contributed by atoms with Crippen LogP contribution < -0.4 is 0 Å². The molecule has 92 valence electrons. The van der Waals surface area contributed by atoms with E-state index in [-0.39, 0.29) is 11.7 Å². The summed E-state index contributed by atoms with van der Waals surface area (Å²) in [7, 11) is 0. The van der Waals surface area contributed by atoms with Crippen molar-refractivity contribution in [2.75, 3.05) is 0 Å². The molecule has 1 aliphatic carbocycles. The zero-order chi connectivity index (χ0) is 13.0. The molecular formula is C14H16N4. The van der Waals surface area contributed by atoms with Crippen LogP contribution in [0.2, 0.25) is 0 Å². The van der Waals surface area contributed by atoms with Gasteiger partial charge in [0.2, 0.25) is 0 Å². The van der Waals surface area contributed by atoms with Gasteiger partial charge in [-0.15, -0.1) is 6.58 Å². The van der Waals surface area contributed by atoms with Gasteiger partial charge in [0, 0.05) is 0 Å². The molecule has 1 fully saturated rings. The largest absolute Gasteiger partial charge is 0.314 e. The summed E-state index contributed by atoms with van der Waals surface area (Å²) in [5.74, 6) is 0.504. The third-order valence-corrected chi connectivity index (χ3v) is 3.70. The Bertz CT molecular complexity index is 509. The van der Waals surface area contributed by atoms with E-state index in [2.05, 4.69) is 17.6 Å². The summed E-state index contributed by atoms with van der Waals surface area (Å²) in [6, 6.07) is 4.12. The lowest BCUT2D eigenvalue weighted by Crippen LogP contribution is -2.20. The van der Waals surface area contributed by atoms with E-state index in [4.69, 9.17) is 10.5 Å². The van der Waals surface area contributed by atoms with Crippen LogP contribution >= 0.6 is 0 Å². The van der Waals surface area contributed by atoms with Gasteiger partial charge in [-0.3, -0.25) is 0 Å². The number of hydrogen-bond acceptors (Lipinski definition) is 3. The Hall–Kier alpha value is -2.07. The fourth-order valence-corrected chi connectivity index (χ4v) is 2.79. The molecule has 4 heteroatoms. The molecule has 1 saturated carbocycles. The van der Waals surface area contributed by atoms with Gasteiger partial charge in [0.15, 0.2) is 11.4 Å². The number of nitriles is 2. The van der Waals surface area contributed by atoms with Gasteiger partial charge < -0.3 is 4.57 Å². The molecule has 0 aromatic carbocycles. The number of allylic oxidation sites excluding steroid dienone is 1. The molecule has 18 heavy (non-hydrogen) atoms. The fourth-order valence-electron chi connectivity index (χ4n) is 2.79. The summed E-state index contributed by atoms with van der Waals surface area (Å²) in [5, 5.41) is 18.1. The molecule has 1 aromatic rings. The first kappa shape index (κ1) is 12.4. The second kappa shape index (κ2) is 5.51. The van der Waals surface area contributed by atoms with Crippen molar-refractivity contribution in [1.29, 1.82) is 10.5 Å². The summed E-state index contributed by atoms with van der Waals surface area (Å²) in [4.78, 5) is 4.00. The van der Waals surface area contributed by atoms with Gasteiger partial charge in [0.1, 0.15) is 12.1 Å². The predicted octanol–water partition coefficient (Wildman–Crippen LogP) is 2.93. The van der Waals surface area contributed by atoms with Crippen molar-refractivity contribution in [2.24, 2.45) is 5.92 Å². The molecule has 1 unspecified atom stereocenters. The number of hydrogen-bond donors (Lipinski definition) is 0. The van der Waals surface area contributed by atoms with Crippen LogP contribution in [0, 0.1) is 28.6 Å². The number of imidazole rings is 1. The van der Waals surface area contributed by atoms with Crippen molar-refractivity contribution < 1.29 is 0 Å². The van der Waals surface area contributed by atoms with E-state index >= 15 is 0 Å². The lowest BCUT2D eigenvalue weighted by molar-refractivity contribution is 0.284. The smallest absolute Gasteiger partial charge is 0.176 e. The third-order valence-electron chi connectivity index (χ3n) is 3.70. The Morgan fingerprint density at radius 2 is 2.06 bits per heavy atom. The Labute approximate surface area is 107 Å². The van der Waals surface area contributed by atoms with E-state index in [1.165, 1.54) is 19.3 Å². The molecule has 0 N–H and O–H groups in total. The van der Waals surface area contributed by atoms with Crippen molar-refractivity contribution in [2.45, 2.75) is 38.1 Å². The number of rotatable bonds is 3. The van der Waals surface area contributed by atoms with Crippen LogP contribution in [0.4, 0.5) is 0 Å². The quantitative estimate of drug-likeness (QED) is 0.763. The molecule has 1 heterocycles. The average molecular weight is 240 g/mol. The average Bonchev–Trinajstić information content (AvgIpc) is 2.83. The molecular weight excluding hydrogens is 224 g/mol. The Morgan fingerprint density at radius 1 is 1.33 bits per heavy atom. The van der Waals surface area contributed by atoms with E-state index in [0.717, 1.165) is 12.8 Å². The molecule has 0 aliphatic heterocycles.